The van der Waals surface area contributed by atoms with E-state index in [2.05, 4.69) is 10.2 Å². The van der Waals surface area contributed by atoms with Crippen LogP contribution in [0.5, 0.6) is 0 Å². The van der Waals surface area contributed by atoms with Gasteiger partial charge in [-0.1, -0.05) is 59.3 Å². The fraction of sp³-hybridized carbons (Fsp3) is 0.0870. The first-order valence-corrected chi connectivity index (χ1v) is 10.7. The molecule has 1 amide bonds. The van der Waals surface area contributed by atoms with Crippen LogP contribution >= 0.6 is 23.4 Å². The van der Waals surface area contributed by atoms with Gasteiger partial charge in [-0.2, -0.15) is 0 Å². The van der Waals surface area contributed by atoms with E-state index in [9.17, 15) is 9.18 Å². The summed E-state index contributed by atoms with van der Waals surface area (Å²) in [6, 6.07) is 20.8. The lowest BCUT2D eigenvalue weighted by Crippen LogP contribution is -2.19. The molecule has 5 nitrogen and oxygen atoms in total. The maximum absolute atomic E-state index is 13.4. The summed E-state index contributed by atoms with van der Waals surface area (Å²) in [7, 11) is 0. The van der Waals surface area contributed by atoms with Crippen LogP contribution in [0.15, 0.2) is 78.0 Å². The van der Waals surface area contributed by atoms with Gasteiger partial charge in [0.2, 0.25) is 5.91 Å². The Bertz CT molecular complexity index is 1230. The molecule has 1 aromatic heterocycles. The number of nitrogens with zero attached hydrogens (tertiary/aromatic N) is 3. The van der Waals surface area contributed by atoms with Crippen molar-refractivity contribution in [2.45, 2.75) is 17.3 Å². The van der Waals surface area contributed by atoms with Crippen LogP contribution in [0, 0.1) is 12.7 Å². The second-order valence-corrected chi connectivity index (χ2v) is 8.45. The zero-order valence-electron chi connectivity index (χ0n) is 16.5. The number of carbonyl (C=O) groups excluding carboxylic acids is 1. The predicted octanol–water partition coefficient (Wildman–Crippen LogP) is 5.35. The van der Waals surface area contributed by atoms with Crippen LogP contribution in [-0.4, -0.2) is 20.7 Å². The molecular formula is C23H18ClFN4OS. The van der Waals surface area contributed by atoms with Crippen LogP contribution in [0.3, 0.4) is 0 Å². The summed E-state index contributed by atoms with van der Waals surface area (Å²) in [6.45, 7) is 2.00. The molecule has 0 fully saturated rings. The molecule has 0 bridgehead atoms. The molecule has 156 valence electrons. The van der Waals surface area contributed by atoms with E-state index in [0.717, 1.165) is 28.6 Å². The fourth-order valence-electron chi connectivity index (χ4n) is 3.17. The Morgan fingerprint density at radius 2 is 1.77 bits per heavy atom. The molecule has 2 N–H and O–H groups in total. The molecule has 31 heavy (non-hydrogen) atoms. The maximum Gasteiger partial charge on any atom is 0.235 e. The lowest BCUT2D eigenvalue weighted by Gasteiger charge is -2.15. The van der Waals surface area contributed by atoms with Gasteiger partial charge < -0.3 is 5.73 Å². The minimum absolute atomic E-state index is 0.386. The smallest absolute Gasteiger partial charge is 0.235 e. The van der Waals surface area contributed by atoms with Crippen molar-refractivity contribution in [1.82, 2.24) is 14.8 Å². The quantitative estimate of drug-likeness (QED) is 0.400. The summed E-state index contributed by atoms with van der Waals surface area (Å²) in [5.41, 5.74) is 9.01. The fourth-order valence-corrected chi connectivity index (χ4v) is 4.31. The Morgan fingerprint density at radius 1 is 1.06 bits per heavy atom. The van der Waals surface area contributed by atoms with Gasteiger partial charge >= 0.3 is 0 Å². The highest BCUT2D eigenvalue weighted by molar-refractivity contribution is 8.00. The highest BCUT2D eigenvalue weighted by Crippen LogP contribution is 2.37. The van der Waals surface area contributed by atoms with Crippen molar-refractivity contribution < 1.29 is 9.18 Å². The lowest BCUT2D eigenvalue weighted by molar-refractivity contribution is -0.117. The first kappa shape index (κ1) is 21.1. The number of aromatic nitrogens is 3. The van der Waals surface area contributed by atoms with Crippen LogP contribution in [0.4, 0.5) is 4.39 Å². The average Bonchev–Trinajstić information content (AvgIpc) is 3.17. The SMILES string of the molecule is Cc1cccc(-c2nnc(SC(C(N)=O)c3ccc(F)cc3)n2-c2ccc(Cl)cc2)c1. The molecule has 0 aliphatic carbocycles. The minimum Gasteiger partial charge on any atom is -0.368 e. The van der Waals surface area contributed by atoms with E-state index in [-0.39, 0.29) is 5.82 Å². The summed E-state index contributed by atoms with van der Waals surface area (Å²) < 4.78 is 15.2. The van der Waals surface area contributed by atoms with Crippen LogP contribution in [-0.2, 0) is 4.79 Å². The molecule has 0 aliphatic rings. The van der Waals surface area contributed by atoms with Gasteiger partial charge in [0.05, 0.1) is 0 Å². The first-order chi connectivity index (χ1) is 14.9. The van der Waals surface area contributed by atoms with Crippen molar-refractivity contribution in [3.05, 3.63) is 94.8 Å². The third kappa shape index (κ3) is 4.62. The molecular weight excluding hydrogens is 435 g/mol. The zero-order valence-corrected chi connectivity index (χ0v) is 18.1. The first-order valence-electron chi connectivity index (χ1n) is 9.42. The molecule has 0 saturated heterocycles. The standard InChI is InChI=1S/C23H18ClFN4OS/c1-14-3-2-4-16(13-14)22-27-28-23(29(22)19-11-7-17(24)8-12-19)31-20(21(26)30)15-5-9-18(25)10-6-15/h2-13,20H,1H3,(H2,26,30). The van der Waals surface area contributed by atoms with E-state index >= 15 is 0 Å². The van der Waals surface area contributed by atoms with Gasteiger partial charge in [-0.25, -0.2) is 4.39 Å². The summed E-state index contributed by atoms with van der Waals surface area (Å²) >= 11 is 7.23. The molecule has 4 aromatic rings. The molecule has 0 aliphatic heterocycles. The highest BCUT2D eigenvalue weighted by atomic mass is 35.5. The number of benzene rings is 3. The number of halogens is 2. The third-order valence-corrected chi connectivity index (χ3v) is 6.12. The second kappa shape index (κ2) is 8.91. The van der Waals surface area contributed by atoms with Crippen molar-refractivity contribution in [3.8, 4) is 17.1 Å². The lowest BCUT2D eigenvalue weighted by atomic mass is 10.1. The largest absolute Gasteiger partial charge is 0.368 e. The maximum atomic E-state index is 13.4. The van der Waals surface area contributed by atoms with Gasteiger partial charge in [0.1, 0.15) is 11.1 Å². The van der Waals surface area contributed by atoms with Crippen molar-refractivity contribution >= 4 is 29.3 Å². The minimum atomic E-state index is -0.763. The van der Waals surface area contributed by atoms with Gasteiger partial charge in [-0.3, -0.25) is 9.36 Å². The van der Waals surface area contributed by atoms with Gasteiger partial charge in [0.15, 0.2) is 11.0 Å². The Hall–Kier alpha value is -3.16. The van der Waals surface area contributed by atoms with Crippen LogP contribution in [0.2, 0.25) is 5.02 Å². The van der Waals surface area contributed by atoms with Gasteiger partial charge in [-0.15, -0.1) is 10.2 Å². The number of amides is 1. The molecule has 0 radical (unpaired) electrons. The summed E-state index contributed by atoms with van der Waals surface area (Å²) in [5, 5.41) is 9.06. The van der Waals surface area contributed by atoms with Gasteiger partial charge in [-0.05, 0) is 55.0 Å². The van der Waals surface area contributed by atoms with Crippen molar-refractivity contribution in [3.63, 3.8) is 0 Å². The van der Waals surface area contributed by atoms with E-state index in [1.807, 2.05) is 47.9 Å². The topological polar surface area (TPSA) is 73.8 Å². The Morgan fingerprint density at radius 3 is 2.42 bits per heavy atom. The number of thioether (sulfide) groups is 1. The van der Waals surface area contributed by atoms with Crippen molar-refractivity contribution in [2.24, 2.45) is 5.73 Å². The van der Waals surface area contributed by atoms with Crippen LogP contribution in [0.25, 0.3) is 17.1 Å². The van der Waals surface area contributed by atoms with E-state index in [4.69, 9.17) is 17.3 Å². The van der Waals surface area contributed by atoms with E-state index in [1.165, 1.54) is 12.1 Å². The number of carbonyl (C=O) groups is 1. The molecule has 0 spiro atoms. The molecule has 3 aromatic carbocycles. The molecule has 1 atom stereocenters. The number of nitrogens with two attached hydrogens (primary N) is 1. The Kier molecular flexibility index (Phi) is 6.06. The number of hydrogen-bond acceptors (Lipinski definition) is 4. The van der Waals surface area contributed by atoms with Crippen molar-refractivity contribution in [2.75, 3.05) is 0 Å². The summed E-state index contributed by atoms with van der Waals surface area (Å²) in [4.78, 5) is 12.2. The highest BCUT2D eigenvalue weighted by Gasteiger charge is 2.25. The zero-order chi connectivity index (χ0) is 22.0. The van der Waals surface area contributed by atoms with Crippen LogP contribution in [0.1, 0.15) is 16.4 Å². The summed E-state index contributed by atoms with van der Waals surface area (Å²) in [6.07, 6.45) is 0. The third-order valence-electron chi connectivity index (χ3n) is 4.65. The molecule has 1 unspecified atom stereocenters. The number of hydrogen-bond donors (Lipinski definition) is 1. The molecule has 1 heterocycles. The molecule has 4 rings (SSSR count). The van der Waals surface area contributed by atoms with Gasteiger partial charge in [0.25, 0.3) is 0 Å². The second-order valence-electron chi connectivity index (χ2n) is 6.94. The predicted molar refractivity (Wildman–Crippen MR) is 121 cm³/mol. The normalized spacial score (nSPS) is 12.0. The Labute approximate surface area is 188 Å². The molecule has 0 saturated carbocycles. The monoisotopic (exact) mass is 452 g/mol. The van der Waals surface area contributed by atoms with Gasteiger partial charge in [0, 0.05) is 16.3 Å². The molecule has 8 heteroatoms. The average molecular weight is 453 g/mol. The van der Waals surface area contributed by atoms with E-state index in [1.54, 1.807) is 24.3 Å². The summed E-state index contributed by atoms with van der Waals surface area (Å²) in [5.74, 6) is -0.321. The van der Waals surface area contributed by atoms with E-state index < -0.39 is 11.2 Å². The number of rotatable bonds is 6. The Balaban J connectivity index is 1.82. The van der Waals surface area contributed by atoms with Crippen molar-refractivity contribution in [1.29, 1.82) is 0 Å². The number of aryl methyl sites for hydroxylation is 1. The number of primary amides is 1. The van der Waals surface area contributed by atoms with Crippen LogP contribution < -0.4 is 5.73 Å². The van der Waals surface area contributed by atoms with E-state index in [0.29, 0.717) is 21.6 Å².